The van der Waals surface area contributed by atoms with Crippen LogP contribution in [0.4, 0.5) is 4.39 Å². The third-order valence-electron chi connectivity index (χ3n) is 4.65. The number of hydrogen-bond donors (Lipinski definition) is 1. The lowest BCUT2D eigenvalue weighted by atomic mass is 9.79. The lowest BCUT2D eigenvalue weighted by Gasteiger charge is -2.30. The number of rotatable bonds is 6. The second kappa shape index (κ2) is 7.43. The molecule has 0 spiro atoms. The molecule has 1 aromatic heterocycles. The van der Waals surface area contributed by atoms with Crippen LogP contribution < -0.4 is 10.1 Å². The summed E-state index contributed by atoms with van der Waals surface area (Å²) < 4.78 is 18.6. The highest BCUT2D eigenvalue weighted by molar-refractivity contribution is 5.77. The maximum absolute atomic E-state index is 13.2. The summed E-state index contributed by atoms with van der Waals surface area (Å²) in [5.41, 5.74) is 0.993. The van der Waals surface area contributed by atoms with Crippen LogP contribution in [-0.2, 0) is 10.2 Å². The van der Waals surface area contributed by atoms with Gasteiger partial charge in [-0.2, -0.15) is 0 Å². The van der Waals surface area contributed by atoms with Gasteiger partial charge in [0.1, 0.15) is 11.6 Å². The number of amides is 1. The van der Waals surface area contributed by atoms with E-state index in [1.807, 2.05) is 12.1 Å². The SMILES string of the molecule is O=C(COc1cccnc1)NCC1(c2ccc(F)cc2)CCCC1. The van der Waals surface area contributed by atoms with Crippen LogP contribution in [0.25, 0.3) is 0 Å². The zero-order chi connectivity index (χ0) is 16.8. The van der Waals surface area contributed by atoms with Crippen LogP contribution in [0.1, 0.15) is 31.2 Å². The van der Waals surface area contributed by atoms with Gasteiger partial charge in [-0.1, -0.05) is 25.0 Å². The van der Waals surface area contributed by atoms with E-state index in [0.29, 0.717) is 12.3 Å². The van der Waals surface area contributed by atoms with E-state index in [4.69, 9.17) is 4.74 Å². The molecular weight excluding hydrogens is 307 g/mol. The summed E-state index contributed by atoms with van der Waals surface area (Å²) >= 11 is 0. The van der Waals surface area contributed by atoms with Crippen LogP contribution >= 0.6 is 0 Å². The maximum Gasteiger partial charge on any atom is 0.257 e. The molecule has 0 atom stereocenters. The van der Waals surface area contributed by atoms with Gasteiger partial charge >= 0.3 is 0 Å². The van der Waals surface area contributed by atoms with Crippen LogP contribution in [0.2, 0.25) is 0 Å². The van der Waals surface area contributed by atoms with Gasteiger partial charge in [0, 0.05) is 18.2 Å². The van der Waals surface area contributed by atoms with Crippen molar-refractivity contribution < 1.29 is 13.9 Å². The Morgan fingerprint density at radius 3 is 2.62 bits per heavy atom. The van der Waals surface area contributed by atoms with Crippen molar-refractivity contribution in [1.82, 2.24) is 10.3 Å². The molecule has 1 saturated carbocycles. The van der Waals surface area contributed by atoms with Gasteiger partial charge < -0.3 is 10.1 Å². The lowest BCUT2D eigenvalue weighted by Crippen LogP contribution is -2.40. The molecule has 1 aliphatic carbocycles. The molecule has 1 aromatic carbocycles. The van der Waals surface area contributed by atoms with E-state index in [1.54, 1.807) is 24.5 Å². The van der Waals surface area contributed by atoms with Gasteiger partial charge in [-0.05, 0) is 42.7 Å². The number of pyridine rings is 1. The van der Waals surface area contributed by atoms with E-state index in [9.17, 15) is 9.18 Å². The molecule has 0 unspecified atom stereocenters. The Morgan fingerprint density at radius 2 is 1.96 bits per heavy atom. The Balaban J connectivity index is 1.58. The summed E-state index contributed by atoms with van der Waals surface area (Å²) in [4.78, 5) is 16.0. The average Bonchev–Trinajstić information content (AvgIpc) is 3.10. The van der Waals surface area contributed by atoms with Crippen LogP contribution in [-0.4, -0.2) is 24.0 Å². The molecule has 0 saturated heterocycles. The maximum atomic E-state index is 13.2. The zero-order valence-electron chi connectivity index (χ0n) is 13.5. The van der Waals surface area contributed by atoms with Crippen molar-refractivity contribution in [3.8, 4) is 5.75 Å². The van der Waals surface area contributed by atoms with Gasteiger partial charge in [0.15, 0.2) is 6.61 Å². The molecule has 1 amide bonds. The van der Waals surface area contributed by atoms with Crippen LogP contribution in [0.5, 0.6) is 5.75 Å². The number of aromatic nitrogens is 1. The number of carbonyl (C=O) groups excluding carboxylic acids is 1. The molecule has 0 radical (unpaired) electrons. The number of nitrogens with one attached hydrogen (secondary N) is 1. The molecule has 1 fully saturated rings. The molecule has 0 bridgehead atoms. The average molecular weight is 328 g/mol. The minimum absolute atomic E-state index is 0.0365. The number of nitrogens with zero attached hydrogens (tertiary/aromatic N) is 1. The first-order valence-electron chi connectivity index (χ1n) is 8.24. The number of ether oxygens (including phenoxy) is 1. The van der Waals surface area contributed by atoms with Crippen molar-refractivity contribution in [1.29, 1.82) is 0 Å². The van der Waals surface area contributed by atoms with Crippen molar-refractivity contribution in [2.75, 3.05) is 13.2 Å². The third-order valence-corrected chi connectivity index (χ3v) is 4.65. The van der Waals surface area contributed by atoms with Crippen molar-refractivity contribution in [2.24, 2.45) is 0 Å². The van der Waals surface area contributed by atoms with Crippen LogP contribution in [0.3, 0.4) is 0 Å². The molecular formula is C19H21FN2O2. The molecule has 2 aromatic rings. The first kappa shape index (κ1) is 16.4. The van der Waals surface area contributed by atoms with E-state index < -0.39 is 0 Å². The number of halogens is 1. The summed E-state index contributed by atoms with van der Waals surface area (Å²) in [5.74, 6) is 0.176. The quantitative estimate of drug-likeness (QED) is 0.886. The van der Waals surface area contributed by atoms with E-state index >= 15 is 0 Å². The normalized spacial score (nSPS) is 15.9. The van der Waals surface area contributed by atoms with Gasteiger partial charge in [0.2, 0.25) is 0 Å². The minimum Gasteiger partial charge on any atom is -0.482 e. The molecule has 5 heteroatoms. The molecule has 3 rings (SSSR count). The number of hydrogen-bond acceptors (Lipinski definition) is 3. The topological polar surface area (TPSA) is 51.2 Å². The lowest BCUT2D eigenvalue weighted by molar-refractivity contribution is -0.123. The fourth-order valence-corrected chi connectivity index (χ4v) is 3.32. The fraction of sp³-hybridized carbons (Fsp3) is 0.368. The summed E-state index contributed by atoms with van der Waals surface area (Å²) in [6, 6.07) is 10.2. The van der Waals surface area contributed by atoms with Gasteiger partial charge in [0.05, 0.1) is 6.20 Å². The second-order valence-corrected chi connectivity index (χ2v) is 6.25. The number of benzene rings is 1. The third kappa shape index (κ3) is 3.91. The van der Waals surface area contributed by atoms with Gasteiger partial charge in [-0.25, -0.2) is 4.39 Å². The Kier molecular flexibility index (Phi) is 5.08. The first-order chi connectivity index (χ1) is 11.7. The Labute approximate surface area is 141 Å². The molecule has 1 heterocycles. The zero-order valence-corrected chi connectivity index (χ0v) is 13.5. The Morgan fingerprint density at radius 1 is 1.21 bits per heavy atom. The van der Waals surface area contributed by atoms with E-state index in [-0.39, 0.29) is 23.7 Å². The first-order valence-corrected chi connectivity index (χ1v) is 8.24. The fourth-order valence-electron chi connectivity index (χ4n) is 3.32. The standard InChI is InChI=1S/C19H21FN2O2/c20-16-7-5-15(6-8-16)19(9-1-2-10-19)14-22-18(23)13-24-17-4-3-11-21-12-17/h3-8,11-12H,1-2,9-10,13-14H2,(H,22,23). The Bertz CT molecular complexity index is 668. The van der Waals surface area contributed by atoms with Crippen molar-refractivity contribution >= 4 is 5.91 Å². The second-order valence-electron chi connectivity index (χ2n) is 6.25. The summed E-state index contributed by atoms with van der Waals surface area (Å²) in [6.07, 6.45) is 7.48. The van der Waals surface area contributed by atoms with Gasteiger partial charge in [-0.15, -0.1) is 0 Å². The molecule has 4 nitrogen and oxygen atoms in total. The monoisotopic (exact) mass is 328 g/mol. The molecule has 0 aliphatic heterocycles. The minimum atomic E-state index is -0.235. The Hall–Kier alpha value is -2.43. The molecule has 126 valence electrons. The predicted molar refractivity (Wildman–Crippen MR) is 89.3 cm³/mol. The highest BCUT2D eigenvalue weighted by Crippen LogP contribution is 2.40. The molecule has 24 heavy (non-hydrogen) atoms. The summed E-state index contributed by atoms with van der Waals surface area (Å²) in [6.45, 7) is 0.513. The number of carbonyl (C=O) groups is 1. The largest absolute Gasteiger partial charge is 0.482 e. The van der Waals surface area contributed by atoms with E-state index in [1.165, 1.54) is 12.1 Å². The highest BCUT2D eigenvalue weighted by Gasteiger charge is 2.35. The summed E-state index contributed by atoms with van der Waals surface area (Å²) in [5, 5.41) is 2.97. The van der Waals surface area contributed by atoms with Crippen molar-refractivity contribution in [3.05, 3.63) is 60.2 Å². The van der Waals surface area contributed by atoms with Crippen molar-refractivity contribution in [3.63, 3.8) is 0 Å². The van der Waals surface area contributed by atoms with Gasteiger partial charge in [0.25, 0.3) is 5.91 Å². The molecule has 1 aliphatic rings. The van der Waals surface area contributed by atoms with Crippen molar-refractivity contribution in [2.45, 2.75) is 31.1 Å². The predicted octanol–water partition coefficient (Wildman–Crippen LogP) is 3.23. The van der Waals surface area contributed by atoms with Crippen LogP contribution in [0.15, 0.2) is 48.8 Å². The van der Waals surface area contributed by atoms with Gasteiger partial charge in [-0.3, -0.25) is 9.78 Å². The van der Waals surface area contributed by atoms with Crippen LogP contribution in [0, 0.1) is 5.82 Å². The summed E-state index contributed by atoms with van der Waals surface area (Å²) in [7, 11) is 0. The smallest absolute Gasteiger partial charge is 0.257 e. The highest BCUT2D eigenvalue weighted by atomic mass is 19.1. The molecule has 1 N–H and O–H groups in total. The van der Waals surface area contributed by atoms with E-state index in [2.05, 4.69) is 10.3 Å². The van der Waals surface area contributed by atoms with E-state index in [0.717, 1.165) is 31.2 Å².